The quantitative estimate of drug-likeness (QED) is 0.717. The zero-order chi connectivity index (χ0) is 10.4. The molecular weight excluding hydrogens is 178 g/mol. The van der Waals surface area contributed by atoms with Crippen LogP contribution in [0.5, 0.6) is 0 Å². The van der Waals surface area contributed by atoms with E-state index in [0.717, 1.165) is 17.8 Å². The summed E-state index contributed by atoms with van der Waals surface area (Å²) in [6.07, 6.45) is 5.32. The lowest BCUT2D eigenvalue weighted by Crippen LogP contribution is -2.21. The lowest BCUT2D eigenvalue weighted by atomic mass is 10.2. The topological polar surface area (TPSA) is 54.9 Å². The van der Waals surface area contributed by atoms with Crippen LogP contribution in [-0.2, 0) is 17.8 Å². The van der Waals surface area contributed by atoms with E-state index in [1.165, 1.54) is 6.08 Å². The van der Waals surface area contributed by atoms with Gasteiger partial charge in [0.25, 0.3) is 0 Å². The Morgan fingerprint density at radius 2 is 2.14 bits per heavy atom. The van der Waals surface area contributed by atoms with Crippen molar-refractivity contribution in [3.8, 4) is 0 Å². The van der Waals surface area contributed by atoms with Gasteiger partial charge in [0.2, 0.25) is 5.91 Å². The molecule has 0 atom stereocenters. The molecule has 1 heterocycles. The Balaban J connectivity index is 2.66. The van der Waals surface area contributed by atoms with Crippen LogP contribution < -0.4 is 5.32 Å². The molecule has 4 heteroatoms. The Kier molecular flexibility index (Phi) is 3.79. The van der Waals surface area contributed by atoms with Gasteiger partial charge in [-0.1, -0.05) is 13.5 Å². The highest BCUT2D eigenvalue weighted by atomic mass is 16.1. The molecule has 0 aliphatic carbocycles. The van der Waals surface area contributed by atoms with Gasteiger partial charge in [0.05, 0.1) is 17.9 Å². The SMILES string of the molecule is C=CC(=O)NCc1nccnc1CC. The summed E-state index contributed by atoms with van der Waals surface area (Å²) in [6, 6.07) is 0. The lowest BCUT2D eigenvalue weighted by molar-refractivity contribution is -0.116. The summed E-state index contributed by atoms with van der Waals surface area (Å²) < 4.78 is 0. The van der Waals surface area contributed by atoms with Crippen LogP contribution in [0.4, 0.5) is 0 Å². The van der Waals surface area contributed by atoms with Crippen molar-refractivity contribution in [2.24, 2.45) is 0 Å². The van der Waals surface area contributed by atoms with Gasteiger partial charge in [-0.3, -0.25) is 14.8 Å². The highest BCUT2D eigenvalue weighted by molar-refractivity contribution is 5.86. The molecule has 0 aliphatic heterocycles. The van der Waals surface area contributed by atoms with E-state index in [1.807, 2.05) is 6.92 Å². The first kappa shape index (κ1) is 10.4. The highest BCUT2D eigenvalue weighted by Gasteiger charge is 2.03. The summed E-state index contributed by atoms with van der Waals surface area (Å²) in [4.78, 5) is 19.2. The molecule has 0 saturated heterocycles. The first-order valence-corrected chi connectivity index (χ1v) is 4.47. The molecule has 1 rings (SSSR count). The number of nitrogens with one attached hydrogen (secondary N) is 1. The minimum atomic E-state index is -0.197. The van der Waals surface area contributed by atoms with Gasteiger partial charge in [0.15, 0.2) is 0 Å². The third-order valence-electron chi connectivity index (χ3n) is 1.81. The molecule has 0 saturated carbocycles. The van der Waals surface area contributed by atoms with Crippen LogP contribution in [0.1, 0.15) is 18.3 Å². The fourth-order valence-electron chi connectivity index (χ4n) is 1.08. The number of amides is 1. The zero-order valence-electron chi connectivity index (χ0n) is 8.16. The van der Waals surface area contributed by atoms with E-state index in [0.29, 0.717) is 6.54 Å². The summed E-state index contributed by atoms with van der Waals surface area (Å²) in [6.45, 7) is 5.77. The van der Waals surface area contributed by atoms with E-state index in [9.17, 15) is 4.79 Å². The maximum atomic E-state index is 10.9. The van der Waals surface area contributed by atoms with Gasteiger partial charge in [-0.05, 0) is 12.5 Å². The van der Waals surface area contributed by atoms with Crippen molar-refractivity contribution in [3.05, 3.63) is 36.4 Å². The minimum Gasteiger partial charge on any atom is -0.347 e. The van der Waals surface area contributed by atoms with E-state index in [4.69, 9.17) is 0 Å². The second-order valence-electron chi connectivity index (χ2n) is 2.73. The van der Waals surface area contributed by atoms with Crippen LogP contribution in [0.2, 0.25) is 0 Å². The average Bonchev–Trinajstić information content (AvgIpc) is 2.26. The maximum Gasteiger partial charge on any atom is 0.243 e. The van der Waals surface area contributed by atoms with Crippen molar-refractivity contribution >= 4 is 5.91 Å². The average molecular weight is 191 g/mol. The summed E-state index contributed by atoms with van der Waals surface area (Å²) in [7, 11) is 0. The van der Waals surface area contributed by atoms with Crippen LogP contribution in [0.3, 0.4) is 0 Å². The molecule has 1 aromatic heterocycles. The first-order chi connectivity index (χ1) is 6.77. The lowest BCUT2D eigenvalue weighted by Gasteiger charge is -2.05. The number of carbonyl (C=O) groups is 1. The number of carbonyl (C=O) groups excluding carboxylic acids is 1. The molecule has 4 nitrogen and oxygen atoms in total. The Morgan fingerprint density at radius 1 is 1.50 bits per heavy atom. The van der Waals surface area contributed by atoms with Gasteiger partial charge in [0.1, 0.15) is 0 Å². The monoisotopic (exact) mass is 191 g/mol. The molecule has 0 fully saturated rings. The highest BCUT2D eigenvalue weighted by Crippen LogP contribution is 2.01. The van der Waals surface area contributed by atoms with Crippen LogP contribution in [-0.4, -0.2) is 15.9 Å². The van der Waals surface area contributed by atoms with E-state index in [2.05, 4.69) is 21.9 Å². The van der Waals surface area contributed by atoms with Gasteiger partial charge >= 0.3 is 0 Å². The molecule has 74 valence electrons. The van der Waals surface area contributed by atoms with E-state index in [-0.39, 0.29) is 5.91 Å². The van der Waals surface area contributed by atoms with Crippen LogP contribution >= 0.6 is 0 Å². The summed E-state index contributed by atoms with van der Waals surface area (Å²) >= 11 is 0. The van der Waals surface area contributed by atoms with Crippen molar-refractivity contribution in [3.63, 3.8) is 0 Å². The van der Waals surface area contributed by atoms with Crippen LogP contribution in [0.15, 0.2) is 25.0 Å². The van der Waals surface area contributed by atoms with Crippen molar-refractivity contribution in [2.45, 2.75) is 19.9 Å². The van der Waals surface area contributed by atoms with Gasteiger partial charge in [-0.2, -0.15) is 0 Å². The molecule has 0 bridgehead atoms. The summed E-state index contributed by atoms with van der Waals surface area (Å²) in [5, 5.41) is 2.66. The van der Waals surface area contributed by atoms with Gasteiger partial charge in [-0.25, -0.2) is 0 Å². The summed E-state index contributed by atoms with van der Waals surface area (Å²) in [5.74, 6) is -0.197. The van der Waals surface area contributed by atoms with Crippen molar-refractivity contribution in [1.82, 2.24) is 15.3 Å². The zero-order valence-corrected chi connectivity index (χ0v) is 8.16. The maximum absolute atomic E-state index is 10.9. The predicted molar refractivity (Wildman–Crippen MR) is 53.5 cm³/mol. The van der Waals surface area contributed by atoms with Gasteiger partial charge < -0.3 is 5.32 Å². The largest absolute Gasteiger partial charge is 0.347 e. The third-order valence-corrected chi connectivity index (χ3v) is 1.81. The van der Waals surface area contributed by atoms with E-state index in [1.54, 1.807) is 12.4 Å². The number of aromatic nitrogens is 2. The molecule has 0 aromatic carbocycles. The minimum absolute atomic E-state index is 0.197. The molecule has 1 N–H and O–H groups in total. The number of rotatable bonds is 4. The van der Waals surface area contributed by atoms with E-state index >= 15 is 0 Å². The van der Waals surface area contributed by atoms with Crippen molar-refractivity contribution < 1.29 is 4.79 Å². The molecule has 0 unspecified atom stereocenters. The molecule has 1 amide bonds. The number of nitrogens with zero attached hydrogens (tertiary/aromatic N) is 2. The number of hydrogen-bond acceptors (Lipinski definition) is 3. The molecule has 14 heavy (non-hydrogen) atoms. The fraction of sp³-hybridized carbons (Fsp3) is 0.300. The molecular formula is C10H13N3O. The van der Waals surface area contributed by atoms with E-state index < -0.39 is 0 Å². The molecule has 0 radical (unpaired) electrons. The number of hydrogen-bond donors (Lipinski definition) is 1. The fourth-order valence-corrected chi connectivity index (χ4v) is 1.08. The van der Waals surface area contributed by atoms with Gasteiger partial charge in [0, 0.05) is 12.4 Å². The standard InChI is InChI=1S/C10H13N3O/c1-3-8-9(12-6-5-11-8)7-13-10(14)4-2/h4-6H,2-3,7H2,1H3,(H,13,14). The second kappa shape index (κ2) is 5.11. The van der Waals surface area contributed by atoms with Crippen molar-refractivity contribution in [2.75, 3.05) is 0 Å². The van der Waals surface area contributed by atoms with Crippen LogP contribution in [0.25, 0.3) is 0 Å². The van der Waals surface area contributed by atoms with Gasteiger partial charge in [-0.15, -0.1) is 0 Å². The smallest absolute Gasteiger partial charge is 0.243 e. The van der Waals surface area contributed by atoms with Crippen molar-refractivity contribution in [1.29, 1.82) is 0 Å². The molecule has 0 spiro atoms. The number of aryl methyl sites for hydroxylation is 1. The second-order valence-corrected chi connectivity index (χ2v) is 2.73. The third kappa shape index (κ3) is 2.65. The predicted octanol–water partition coefficient (Wildman–Crippen LogP) is 0.841. The molecule has 1 aromatic rings. The first-order valence-electron chi connectivity index (χ1n) is 4.47. The summed E-state index contributed by atoms with van der Waals surface area (Å²) in [5.41, 5.74) is 1.72. The Morgan fingerprint density at radius 3 is 2.71 bits per heavy atom. The normalized spacial score (nSPS) is 9.50. The Labute approximate surface area is 83.1 Å². The van der Waals surface area contributed by atoms with Crippen LogP contribution in [0, 0.1) is 0 Å². The molecule has 0 aliphatic rings. The Bertz CT molecular complexity index is 336. The Hall–Kier alpha value is -1.71.